The summed E-state index contributed by atoms with van der Waals surface area (Å²) in [6, 6.07) is -2.12. The van der Waals surface area contributed by atoms with Gasteiger partial charge in [0.1, 0.15) is 12.2 Å². The zero-order chi connectivity index (χ0) is 17.5. The van der Waals surface area contributed by atoms with Crippen LogP contribution in [0.4, 0.5) is 13.2 Å². The lowest BCUT2D eigenvalue weighted by Crippen LogP contribution is -2.56. The number of amides is 1. The van der Waals surface area contributed by atoms with Crippen LogP contribution in [0.15, 0.2) is 46.8 Å². The Kier molecular flexibility index (Phi) is 4.29. The van der Waals surface area contributed by atoms with Crippen molar-refractivity contribution in [2.24, 2.45) is 5.73 Å². The minimum absolute atomic E-state index is 0.0436. The Labute approximate surface area is 138 Å². The lowest BCUT2D eigenvalue weighted by Gasteiger charge is -2.41. The number of carbonyl (C=O) groups is 1. The predicted octanol–water partition coefficient (Wildman–Crippen LogP) is 2.86. The van der Waals surface area contributed by atoms with Crippen LogP contribution < -0.4 is 11.1 Å². The van der Waals surface area contributed by atoms with Crippen LogP contribution in [0.25, 0.3) is 0 Å². The maximum absolute atomic E-state index is 13.1. The Balaban J connectivity index is 1.95. The highest BCUT2D eigenvalue weighted by Crippen LogP contribution is 2.33. The van der Waals surface area contributed by atoms with Gasteiger partial charge in [-0.15, -0.1) is 0 Å². The summed E-state index contributed by atoms with van der Waals surface area (Å²) < 4.78 is 39.4. The smallest absolute Gasteiger partial charge is 0.361 e. The van der Waals surface area contributed by atoms with Crippen molar-refractivity contribution >= 4 is 5.91 Å². The van der Waals surface area contributed by atoms with Crippen molar-refractivity contribution in [1.82, 2.24) is 10.2 Å². The fourth-order valence-corrected chi connectivity index (χ4v) is 3.28. The molecule has 3 rings (SSSR count). The van der Waals surface area contributed by atoms with E-state index in [1.54, 1.807) is 13.1 Å². The standard InChI is InChI=1S/C17H20F3N3O/c1-10-7-12(15(21)17(18,19)20)16-22-13(8-14(24)23(16)9-10)11-5-3-2-4-6-11/h5,7-9,15-16,22H,2-4,6,21H2,1H3. The van der Waals surface area contributed by atoms with Crippen LogP contribution in [-0.2, 0) is 4.79 Å². The number of nitrogens with two attached hydrogens (primary N) is 1. The zero-order valence-corrected chi connectivity index (χ0v) is 13.4. The third-order valence-corrected chi connectivity index (χ3v) is 4.49. The molecule has 0 saturated carbocycles. The SMILES string of the molecule is CC1=CN2C(=O)C=C(C3=CCCCC3)NC2C(C(N)C(F)(F)F)=C1. The Morgan fingerprint density at radius 3 is 2.71 bits per heavy atom. The molecule has 24 heavy (non-hydrogen) atoms. The van der Waals surface area contributed by atoms with Crippen molar-refractivity contribution in [3.8, 4) is 0 Å². The van der Waals surface area contributed by atoms with E-state index in [1.807, 2.05) is 6.08 Å². The maximum Gasteiger partial charge on any atom is 0.407 e. The Bertz CT molecular complexity index is 673. The molecule has 2 atom stereocenters. The van der Waals surface area contributed by atoms with Crippen molar-refractivity contribution in [2.75, 3.05) is 0 Å². The molecule has 0 aromatic heterocycles. The molecule has 2 heterocycles. The highest BCUT2D eigenvalue weighted by Gasteiger charge is 2.45. The van der Waals surface area contributed by atoms with Crippen LogP contribution in [0.2, 0.25) is 0 Å². The molecule has 0 radical (unpaired) electrons. The van der Waals surface area contributed by atoms with Crippen molar-refractivity contribution in [1.29, 1.82) is 0 Å². The van der Waals surface area contributed by atoms with E-state index in [2.05, 4.69) is 5.32 Å². The van der Waals surface area contributed by atoms with Gasteiger partial charge in [0.25, 0.3) is 5.91 Å². The molecular formula is C17H20F3N3O. The van der Waals surface area contributed by atoms with Crippen molar-refractivity contribution < 1.29 is 18.0 Å². The van der Waals surface area contributed by atoms with E-state index < -0.39 is 18.4 Å². The Hall–Kier alpha value is -2.02. The summed E-state index contributed by atoms with van der Waals surface area (Å²) in [5.41, 5.74) is 7.54. The highest BCUT2D eigenvalue weighted by molar-refractivity contribution is 5.91. The second-order valence-corrected chi connectivity index (χ2v) is 6.36. The van der Waals surface area contributed by atoms with Crippen LogP contribution >= 0.6 is 0 Å². The molecule has 0 bridgehead atoms. The number of hydrogen-bond donors (Lipinski definition) is 2. The topological polar surface area (TPSA) is 58.4 Å². The lowest BCUT2D eigenvalue weighted by molar-refractivity contribution is -0.143. The van der Waals surface area contributed by atoms with E-state index in [9.17, 15) is 18.0 Å². The van der Waals surface area contributed by atoms with Gasteiger partial charge in [-0.2, -0.15) is 13.2 Å². The van der Waals surface area contributed by atoms with E-state index in [-0.39, 0.29) is 11.5 Å². The van der Waals surface area contributed by atoms with Crippen LogP contribution in [0, 0.1) is 0 Å². The predicted molar refractivity (Wildman–Crippen MR) is 84.3 cm³/mol. The van der Waals surface area contributed by atoms with Gasteiger partial charge >= 0.3 is 6.18 Å². The lowest BCUT2D eigenvalue weighted by atomic mass is 9.92. The molecule has 2 aliphatic heterocycles. The van der Waals surface area contributed by atoms with Crippen molar-refractivity contribution in [3.05, 3.63) is 46.8 Å². The fourth-order valence-electron chi connectivity index (χ4n) is 3.28. The molecule has 3 aliphatic rings. The molecule has 0 aromatic carbocycles. The second-order valence-electron chi connectivity index (χ2n) is 6.36. The minimum atomic E-state index is -4.56. The summed E-state index contributed by atoms with van der Waals surface area (Å²) in [4.78, 5) is 13.7. The molecular weight excluding hydrogens is 319 g/mol. The summed E-state index contributed by atoms with van der Waals surface area (Å²) >= 11 is 0. The number of fused-ring (bicyclic) bond motifs is 1. The average molecular weight is 339 g/mol. The summed E-state index contributed by atoms with van der Waals surface area (Å²) in [6.07, 6.45) is 4.84. The third-order valence-electron chi connectivity index (χ3n) is 4.49. The van der Waals surface area contributed by atoms with Gasteiger partial charge in [0.2, 0.25) is 0 Å². The highest BCUT2D eigenvalue weighted by atomic mass is 19.4. The number of carbonyl (C=O) groups excluding carboxylic acids is 1. The van der Waals surface area contributed by atoms with Gasteiger partial charge in [-0.3, -0.25) is 9.69 Å². The summed E-state index contributed by atoms with van der Waals surface area (Å²) in [5, 5.41) is 3.08. The Morgan fingerprint density at radius 1 is 1.33 bits per heavy atom. The van der Waals surface area contributed by atoms with E-state index >= 15 is 0 Å². The molecule has 0 spiro atoms. The number of halogens is 3. The van der Waals surface area contributed by atoms with Gasteiger partial charge in [-0.1, -0.05) is 12.2 Å². The van der Waals surface area contributed by atoms with Crippen molar-refractivity contribution in [2.45, 2.75) is 51.0 Å². The molecule has 1 amide bonds. The normalized spacial score (nSPS) is 25.8. The largest absolute Gasteiger partial charge is 0.407 e. The first kappa shape index (κ1) is 16.8. The number of allylic oxidation sites excluding steroid dienone is 4. The summed E-state index contributed by atoms with van der Waals surface area (Å²) in [7, 11) is 0. The molecule has 0 fully saturated rings. The van der Waals surface area contributed by atoms with E-state index in [0.29, 0.717) is 11.3 Å². The number of alkyl halides is 3. The zero-order valence-electron chi connectivity index (χ0n) is 13.4. The average Bonchev–Trinajstić information content (AvgIpc) is 2.54. The molecule has 0 saturated heterocycles. The molecule has 3 N–H and O–H groups in total. The van der Waals surface area contributed by atoms with Crippen LogP contribution in [-0.4, -0.2) is 29.2 Å². The molecule has 0 aromatic rings. The molecule has 130 valence electrons. The first-order valence-corrected chi connectivity index (χ1v) is 7.99. The van der Waals surface area contributed by atoms with Crippen LogP contribution in [0.1, 0.15) is 32.6 Å². The number of nitrogens with zero attached hydrogens (tertiary/aromatic N) is 1. The summed E-state index contributed by atoms with van der Waals surface area (Å²) in [5.74, 6) is -0.334. The van der Waals surface area contributed by atoms with E-state index in [4.69, 9.17) is 5.73 Å². The molecule has 2 unspecified atom stereocenters. The molecule has 7 heteroatoms. The second kappa shape index (κ2) is 6.12. The number of hydrogen-bond acceptors (Lipinski definition) is 3. The fraction of sp³-hybridized carbons (Fsp3) is 0.471. The number of rotatable bonds is 2. The van der Waals surface area contributed by atoms with E-state index in [1.165, 1.54) is 17.1 Å². The van der Waals surface area contributed by atoms with E-state index in [0.717, 1.165) is 31.3 Å². The van der Waals surface area contributed by atoms with Gasteiger partial charge in [0.15, 0.2) is 0 Å². The van der Waals surface area contributed by atoms with Crippen molar-refractivity contribution in [3.63, 3.8) is 0 Å². The molecule has 4 nitrogen and oxygen atoms in total. The first-order chi connectivity index (χ1) is 11.3. The monoisotopic (exact) mass is 339 g/mol. The molecule has 1 aliphatic carbocycles. The van der Waals surface area contributed by atoms with Gasteiger partial charge < -0.3 is 11.1 Å². The maximum atomic E-state index is 13.1. The summed E-state index contributed by atoms with van der Waals surface area (Å²) in [6.45, 7) is 1.65. The Morgan fingerprint density at radius 2 is 2.08 bits per heavy atom. The van der Waals surface area contributed by atoms with Crippen LogP contribution in [0.5, 0.6) is 0 Å². The third kappa shape index (κ3) is 3.13. The van der Waals surface area contributed by atoms with Gasteiger partial charge in [0.05, 0.1) is 0 Å². The van der Waals surface area contributed by atoms with Crippen LogP contribution in [0.3, 0.4) is 0 Å². The van der Waals surface area contributed by atoms with Gasteiger partial charge in [-0.25, -0.2) is 0 Å². The number of nitrogens with one attached hydrogen (secondary N) is 1. The quantitative estimate of drug-likeness (QED) is 0.813. The van der Waals surface area contributed by atoms with Gasteiger partial charge in [-0.05, 0) is 49.3 Å². The van der Waals surface area contributed by atoms with Gasteiger partial charge in [0, 0.05) is 18.0 Å². The first-order valence-electron chi connectivity index (χ1n) is 7.99. The minimum Gasteiger partial charge on any atom is -0.361 e.